The Kier molecular flexibility index (Phi) is 5.25. The number of carbonyl (C=O) groups is 1. The van der Waals surface area contributed by atoms with Gasteiger partial charge in [0.25, 0.3) is 0 Å². The maximum Gasteiger partial charge on any atom is 0.225 e. The van der Waals surface area contributed by atoms with Crippen molar-refractivity contribution in [1.29, 1.82) is 0 Å². The van der Waals surface area contributed by atoms with Crippen molar-refractivity contribution in [3.63, 3.8) is 0 Å². The molecule has 1 heterocycles. The molecule has 0 aliphatic carbocycles. The summed E-state index contributed by atoms with van der Waals surface area (Å²) in [5.74, 6) is 0.114. The van der Waals surface area contributed by atoms with Crippen LogP contribution >= 0.6 is 11.3 Å². The highest BCUT2D eigenvalue weighted by Gasteiger charge is 2.02. The average molecular weight is 212 g/mol. The molecule has 78 valence electrons. The third kappa shape index (κ3) is 4.39. The third-order valence-corrected chi connectivity index (χ3v) is 2.72. The van der Waals surface area contributed by atoms with Crippen molar-refractivity contribution in [3.8, 4) is 0 Å². The molecule has 1 aromatic heterocycles. The minimum absolute atomic E-state index is 0.114. The summed E-state index contributed by atoms with van der Waals surface area (Å²) in [6, 6.07) is 3.95. The first-order valence-electron chi connectivity index (χ1n) is 4.76. The lowest BCUT2D eigenvalue weighted by Gasteiger charge is -2.03. The van der Waals surface area contributed by atoms with Crippen LogP contribution < -0.4 is 10.6 Å². The van der Waals surface area contributed by atoms with Crippen LogP contribution in [0.15, 0.2) is 17.5 Å². The monoisotopic (exact) mass is 212 g/mol. The maximum absolute atomic E-state index is 11.3. The van der Waals surface area contributed by atoms with Crippen LogP contribution in [-0.4, -0.2) is 26.0 Å². The first-order valence-corrected chi connectivity index (χ1v) is 5.64. The van der Waals surface area contributed by atoms with Gasteiger partial charge in [0.05, 0.1) is 6.42 Å². The van der Waals surface area contributed by atoms with Crippen LogP contribution in [0.2, 0.25) is 0 Å². The zero-order valence-corrected chi connectivity index (χ0v) is 9.19. The molecule has 0 fully saturated rings. The predicted octanol–water partition coefficient (Wildman–Crippen LogP) is 1.02. The van der Waals surface area contributed by atoms with Gasteiger partial charge in [-0.25, -0.2) is 0 Å². The topological polar surface area (TPSA) is 41.1 Å². The van der Waals surface area contributed by atoms with Gasteiger partial charge in [-0.1, -0.05) is 6.07 Å². The molecule has 0 saturated carbocycles. The van der Waals surface area contributed by atoms with Gasteiger partial charge in [0.1, 0.15) is 0 Å². The molecule has 0 radical (unpaired) electrons. The quantitative estimate of drug-likeness (QED) is 0.691. The van der Waals surface area contributed by atoms with E-state index in [0.29, 0.717) is 6.42 Å². The Hall–Kier alpha value is -0.870. The zero-order chi connectivity index (χ0) is 10.2. The van der Waals surface area contributed by atoms with Crippen LogP contribution in [0.5, 0.6) is 0 Å². The van der Waals surface area contributed by atoms with Gasteiger partial charge in [0.15, 0.2) is 0 Å². The van der Waals surface area contributed by atoms with Crippen LogP contribution in [0.1, 0.15) is 11.3 Å². The predicted molar refractivity (Wildman–Crippen MR) is 59.6 cm³/mol. The number of nitrogens with one attached hydrogen (secondary N) is 2. The van der Waals surface area contributed by atoms with E-state index in [2.05, 4.69) is 10.6 Å². The summed E-state index contributed by atoms with van der Waals surface area (Å²) in [5, 5.41) is 7.91. The van der Waals surface area contributed by atoms with Crippen molar-refractivity contribution in [2.24, 2.45) is 0 Å². The molecule has 0 aliphatic heterocycles. The summed E-state index contributed by atoms with van der Waals surface area (Å²) in [5.41, 5.74) is 0. The first kappa shape index (κ1) is 11.2. The van der Waals surface area contributed by atoms with Crippen molar-refractivity contribution in [3.05, 3.63) is 22.4 Å². The molecule has 3 nitrogen and oxygen atoms in total. The summed E-state index contributed by atoms with van der Waals surface area (Å²) >= 11 is 1.62. The van der Waals surface area contributed by atoms with Gasteiger partial charge >= 0.3 is 0 Å². The number of hydrogen-bond donors (Lipinski definition) is 2. The molecule has 0 saturated heterocycles. The van der Waals surface area contributed by atoms with Gasteiger partial charge in [-0.15, -0.1) is 11.3 Å². The second-order valence-electron chi connectivity index (χ2n) is 3.06. The maximum atomic E-state index is 11.3. The van der Waals surface area contributed by atoms with Crippen molar-refractivity contribution < 1.29 is 4.79 Å². The Labute approximate surface area is 88.5 Å². The second-order valence-corrected chi connectivity index (χ2v) is 4.10. The smallest absolute Gasteiger partial charge is 0.225 e. The fourth-order valence-electron chi connectivity index (χ4n) is 1.13. The summed E-state index contributed by atoms with van der Waals surface area (Å²) in [6.45, 7) is 1.70. The van der Waals surface area contributed by atoms with E-state index in [1.165, 1.54) is 0 Å². The number of amides is 1. The summed E-state index contributed by atoms with van der Waals surface area (Å²) in [6.07, 6.45) is 1.49. The Morgan fingerprint density at radius 1 is 1.50 bits per heavy atom. The molecule has 2 N–H and O–H groups in total. The Morgan fingerprint density at radius 3 is 3.00 bits per heavy atom. The molecule has 4 heteroatoms. The van der Waals surface area contributed by atoms with Crippen LogP contribution in [0.4, 0.5) is 0 Å². The molecule has 0 atom stereocenters. The van der Waals surface area contributed by atoms with Gasteiger partial charge in [0, 0.05) is 11.4 Å². The fraction of sp³-hybridized carbons (Fsp3) is 0.500. The summed E-state index contributed by atoms with van der Waals surface area (Å²) in [7, 11) is 1.91. The summed E-state index contributed by atoms with van der Waals surface area (Å²) in [4.78, 5) is 12.5. The molecule has 1 aromatic rings. The van der Waals surface area contributed by atoms with Crippen molar-refractivity contribution in [2.45, 2.75) is 12.8 Å². The largest absolute Gasteiger partial charge is 0.356 e. The van der Waals surface area contributed by atoms with E-state index >= 15 is 0 Å². The molecule has 1 rings (SSSR count). The average Bonchev–Trinajstić information content (AvgIpc) is 2.65. The lowest BCUT2D eigenvalue weighted by molar-refractivity contribution is -0.120. The van der Waals surface area contributed by atoms with Crippen LogP contribution in [0.3, 0.4) is 0 Å². The molecular formula is C10H16N2OS. The Balaban J connectivity index is 2.11. The molecular weight excluding hydrogens is 196 g/mol. The summed E-state index contributed by atoms with van der Waals surface area (Å²) < 4.78 is 0. The van der Waals surface area contributed by atoms with E-state index in [4.69, 9.17) is 0 Å². The highest BCUT2D eigenvalue weighted by molar-refractivity contribution is 7.10. The zero-order valence-electron chi connectivity index (χ0n) is 8.38. The van der Waals surface area contributed by atoms with E-state index in [0.717, 1.165) is 24.4 Å². The molecule has 0 unspecified atom stereocenters. The van der Waals surface area contributed by atoms with E-state index in [1.807, 2.05) is 24.6 Å². The van der Waals surface area contributed by atoms with Gasteiger partial charge in [0.2, 0.25) is 5.91 Å². The fourth-order valence-corrected chi connectivity index (χ4v) is 1.83. The standard InChI is InChI=1S/C10H16N2OS/c1-11-5-3-6-12-10(13)8-9-4-2-7-14-9/h2,4,7,11H,3,5-6,8H2,1H3,(H,12,13). The Morgan fingerprint density at radius 2 is 2.36 bits per heavy atom. The van der Waals surface area contributed by atoms with Crippen LogP contribution in [0, 0.1) is 0 Å². The normalized spacial score (nSPS) is 10.1. The van der Waals surface area contributed by atoms with E-state index in [1.54, 1.807) is 11.3 Å². The number of carbonyl (C=O) groups excluding carboxylic acids is 1. The van der Waals surface area contributed by atoms with Gasteiger partial charge in [-0.3, -0.25) is 4.79 Å². The SMILES string of the molecule is CNCCCNC(=O)Cc1cccs1. The minimum atomic E-state index is 0.114. The Bertz CT molecular complexity index is 259. The lowest BCUT2D eigenvalue weighted by atomic mass is 10.3. The minimum Gasteiger partial charge on any atom is -0.356 e. The van der Waals surface area contributed by atoms with E-state index in [9.17, 15) is 4.79 Å². The number of thiophene rings is 1. The second kappa shape index (κ2) is 6.56. The van der Waals surface area contributed by atoms with Gasteiger partial charge in [-0.2, -0.15) is 0 Å². The first-order chi connectivity index (χ1) is 6.83. The van der Waals surface area contributed by atoms with Crippen LogP contribution in [-0.2, 0) is 11.2 Å². The molecule has 0 aromatic carbocycles. The van der Waals surface area contributed by atoms with Gasteiger partial charge in [-0.05, 0) is 31.5 Å². The van der Waals surface area contributed by atoms with Crippen molar-refractivity contribution in [2.75, 3.05) is 20.1 Å². The highest BCUT2D eigenvalue weighted by atomic mass is 32.1. The highest BCUT2D eigenvalue weighted by Crippen LogP contribution is 2.08. The molecule has 1 amide bonds. The van der Waals surface area contributed by atoms with E-state index in [-0.39, 0.29) is 5.91 Å². The third-order valence-electron chi connectivity index (χ3n) is 1.84. The molecule has 0 aliphatic rings. The van der Waals surface area contributed by atoms with E-state index < -0.39 is 0 Å². The van der Waals surface area contributed by atoms with Crippen LogP contribution in [0.25, 0.3) is 0 Å². The molecule has 0 spiro atoms. The van der Waals surface area contributed by atoms with Crippen molar-refractivity contribution in [1.82, 2.24) is 10.6 Å². The number of rotatable bonds is 6. The van der Waals surface area contributed by atoms with Crippen molar-refractivity contribution >= 4 is 17.2 Å². The molecule has 14 heavy (non-hydrogen) atoms. The van der Waals surface area contributed by atoms with Gasteiger partial charge < -0.3 is 10.6 Å². The number of hydrogen-bond acceptors (Lipinski definition) is 3. The lowest BCUT2D eigenvalue weighted by Crippen LogP contribution is -2.27. The molecule has 0 bridgehead atoms.